The van der Waals surface area contributed by atoms with Crippen LogP contribution in [0.25, 0.3) is 0 Å². The molecule has 14 heteroatoms. The molecule has 0 N–H and O–H groups in total. The fourth-order valence-electron chi connectivity index (χ4n) is 10.0. The lowest BCUT2D eigenvalue weighted by Crippen LogP contribution is -2.64. The van der Waals surface area contributed by atoms with Gasteiger partial charge in [-0.15, -0.1) is 0 Å². The second kappa shape index (κ2) is 15.0. The highest BCUT2D eigenvalue weighted by Gasteiger charge is 2.84. The molecule has 5 rings (SSSR count). The predicted molar refractivity (Wildman–Crippen MR) is 193 cm³/mol. The molecule has 0 spiro atoms. The van der Waals surface area contributed by atoms with Crippen LogP contribution in [0.4, 0.5) is 0 Å². The van der Waals surface area contributed by atoms with Crippen molar-refractivity contribution in [3.05, 3.63) is 48.0 Å². The predicted octanol–water partition coefficient (Wildman–Crippen LogP) is 4.69. The fourth-order valence-corrected chi connectivity index (χ4v) is 10.0. The zero-order chi connectivity index (χ0) is 40.9. The topological polar surface area (TPSA) is 176 Å². The number of ether oxygens (including phenoxy) is 8. The summed E-state index contributed by atoms with van der Waals surface area (Å²) < 4.78 is 51.3. The molecular formula is C41H54O14. The van der Waals surface area contributed by atoms with Gasteiger partial charge in [-0.25, -0.2) is 4.79 Å². The van der Waals surface area contributed by atoms with Crippen LogP contribution in [-0.2, 0) is 61.9 Å². The Labute approximate surface area is 321 Å². The highest BCUT2D eigenvalue weighted by atomic mass is 16.6. The summed E-state index contributed by atoms with van der Waals surface area (Å²) >= 11 is 0. The van der Waals surface area contributed by atoms with Crippen molar-refractivity contribution in [3.8, 4) is 0 Å². The first-order chi connectivity index (χ1) is 25.5. The van der Waals surface area contributed by atoms with E-state index in [1.807, 2.05) is 13.8 Å². The minimum Gasteiger partial charge on any atom is -0.461 e. The number of carbonyl (C=O) groups is 6. The van der Waals surface area contributed by atoms with Crippen LogP contribution < -0.4 is 0 Å². The van der Waals surface area contributed by atoms with E-state index in [2.05, 4.69) is 0 Å². The van der Waals surface area contributed by atoms with E-state index in [0.29, 0.717) is 0 Å². The highest BCUT2D eigenvalue weighted by Crippen LogP contribution is 2.70. The van der Waals surface area contributed by atoms with Crippen LogP contribution in [0.3, 0.4) is 0 Å². The number of fused-ring (bicyclic) bond motifs is 1. The molecule has 0 aromatic heterocycles. The van der Waals surface area contributed by atoms with Gasteiger partial charge >= 0.3 is 35.8 Å². The van der Waals surface area contributed by atoms with Crippen molar-refractivity contribution in [2.45, 2.75) is 129 Å². The molecule has 2 bridgehead atoms. The van der Waals surface area contributed by atoms with Gasteiger partial charge in [0.1, 0.15) is 35.1 Å². The quantitative estimate of drug-likeness (QED) is 0.172. The molecule has 11 unspecified atom stereocenters. The van der Waals surface area contributed by atoms with E-state index in [0.717, 1.165) is 0 Å². The Morgan fingerprint density at radius 1 is 0.800 bits per heavy atom. The Morgan fingerprint density at radius 2 is 1.40 bits per heavy atom. The minimum atomic E-state index is -1.99. The van der Waals surface area contributed by atoms with Crippen molar-refractivity contribution in [1.82, 2.24) is 0 Å². The van der Waals surface area contributed by atoms with E-state index in [-0.39, 0.29) is 31.1 Å². The number of esters is 6. The first kappa shape index (κ1) is 41.9. The summed E-state index contributed by atoms with van der Waals surface area (Å²) in [5, 5.41) is 0. The van der Waals surface area contributed by atoms with Crippen molar-refractivity contribution in [2.75, 3.05) is 13.2 Å². The molecule has 3 aliphatic carbocycles. The van der Waals surface area contributed by atoms with Gasteiger partial charge in [0.25, 0.3) is 0 Å². The van der Waals surface area contributed by atoms with Crippen molar-refractivity contribution in [1.29, 1.82) is 0 Å². The maximum Gasteiger partial charge on any atom is 0.338 e. The lowest BCUT2D eigenvalue weighted by Gasteiger charge is -2.53. The van der Waals surface area contributed by atoms with E-state index < -0.39 is 106 Å². The Kier molecular flexibility index (Phi) is 11.4. The number of hydrogen-bond donors (Lipinski definition) is 0. The van der Waals surface area contributed by atoms with Crippen LogP contribution >= 0.6 is 0 Å². The van der Waals surface area contributed by atoms with Crippen LogP contribution in [0.1, 0.15) is 92.9 Å². The average Bonchev–Trinajstić information content (AvgIpc) is 3.48. The lowest BCUT2D eigenvalue weighted by molar-refractivity contribution is -0.239. The first-order valence-electron chi connectivity index (χ1n) is 18.7. The molecule has 2 saturated carbocycles. The summed E-state index contributed by atoms with van der Waals surface area (Å²) in [6.07, 6.45) is -2.24. The van der Waals surface area contributed by atoms with E-state index in [1.165, 1.54) is 34.6 Å². The van der Waals surface area contributed by atoms with Gasteiger partial charge in [-0.1, -0.05) is 38.1 Å². The summed E-state index contributed by atoms with van der Waals surface area (Å²) in [6, 6.07) is 8.21. The molecule has 11 atom stereocenters. The third-order valence-corrected chi connectivity index (χ3v) is 11.6. The van der Waals surface area contributed by atoms with Gasteiger partial charge in [-0.3, -0.25) is 24.0 Å². The maximum absolute atomic E-state index is 14.4. The molecule has 1 saturated heterocycles. The normalized spacial score (nSPS) is 36.1. The van der Waals surface area contributed by atoms with E-state index in [1.54, 1.807) is 70.2 Å². The maximum atomic E-state index is 14.4. The smallest absolute Gasteiger partial charge is 0.338 e. The summed E-state index contributed by atoms with van der Waals surface area (Å²) in [4.78, 5) is 80.1. The van der Waals surface area contributed by atoms with Gasteiger partial charge in [0.15, 0.2) is 11.7 Å². The largest absolute Gasteiger partial charge is 0.461 e. The molecule has 14 nitrogen and oxygen atoms in total. The summed E-state index contributed by atoms with van der Waals surface area (Å²) in [5.74, 6) is -7.32. The SMILES string of the molecule is CC(=O)OC1C2C(OC(C)=O)C34COC(C)(C(OC(=O)c5ccccc5)C2(OC(C)=O)CC1(C)OCC(C)C)C3C(C(C)(C)OC(C)=O)C=CC4OC(C)=O. The van der Waals surface area contributed by atoms with Crippen molar-refractivity contribution in [3.63, 3.8) is 0 Å². The molecule has 55 heavy (non-hydrogen) atoms. The second-order valence-electron chi connectivity index (χ2n) is 16.7. The molecule has 1 aromatic carbocycles. The van der Waals surface area contributed by atoms with Crippen LogP contribution in [0.5, 0.6) is 0 Å². The third-order valence-electron chi connectivity index (χ3n) is 11.6. The van der Waals surface area contributed by atoms with Crippen LogP contribution in [-0.4, -0.2) is 95.8 Å². The Morgan fingerprint density at radius 3 is 1.95 bits per heavy atom. The number of carbonyl (C=O) groups excluding carboxylic acids is 6. The number of benzene rings is 1. The van der Waals surface area contributed by atoms with Crippen molar-refractivity contribution < 1.29 is 66.7 Å². The highest BCUT2D eigenvalue weighted by molar-refractivity contribution is 5.89. The zero-order valence-electron chi connectivity index (χ0n) is 33.5. The van der Waals surface area contributed by atoms with Crippen LogP contribution in [0.15, 0.2) is 42.5 Å². The Hall–Kier alpha value is -4.30. The summed E-state index contributed by atoms with van der Waals surface area (Å²) in [7, 11) is 0. The molecular weight excluding hydrogens is 716 g/mol. The molecule has 1 aliphatic heterocycles. The van der Waals surface area contributed by atoms with Gasteiger partial charge in [0.05, 0.1) is 23.5 Å². The minimum absolute atomic E-state index is 0.00181. The standard InChI is InChI=1S/C41H54O14/c1-22(2)19-48-38(10)20-41(55-27(7)46)31(33(38)51-24(4)43)34(52-25(5)44)40-21-49-39(11,36(41)53-35(47)28-15-13-12-14-16-28)32(40)29(37(8,9)54-26(6)45)17-18-30(40)50-23(3)42/h12-18,22,29-34,36H,19-21H2,1-11H3. The molecule has 302 valence electrons. The van der Waals surface area contributed by atoms with Crippen molar-refractivity contribution >= 4 is 35.8 Å². The van der Waals surface area contributed by atoms with E-state index >= 15 is 0 Å². The summed E-state index contributed by atoms with van der Waals surface area (Å²) in [6.45, 7) is 16.8. The van der Waals surface area contributed by atoms with Gasteiger partial charge in [0.2, 0.25) is 0 Å². The van der Waals surface area contributed by atoms with E-state index in [4.69, 9.17) is 37.9 Å². The van der Waals surface area contributed by atoms with Crippen LogP contribution in [0, 0.1) is 29.1 Å². The van der Waals surface area contributed by atoms with Gasteiger partial charge in [-0.05, 0) is 51.8 Å². The first-order valence-corrected chi connectivity index (χ1v) is 18.7. The second-order valence-corrected chi connectivity index (χ2v) is 16.7. The lowest BCUT2D eigenvalue weighted by atomic mass is 9.53. The van der Waals surface area contributed by atoms with E-state index in [9.17, 15) is 28.8 Å². The average molecular weight is 771 g/mol. The van der Waals surface area contributed by atoms with Gasteiger partial charge < -0.3 is 37.9 Å². The molecule has 3 fully saturated rings. The zero-order valence-corrected chi connectivity index (χ0v) is 33.5. The Bertz CT molecular complexity index is 1720. The van der Waals surface area contributed by atoms with Crippen molar-refractivity contribution in [2.24, 2.45) is 29.1 Å². The van der Waals surface area contributed by atoms with Gasteiger partial charge in [0, 0.05) is 59.5 Å². The molecule has 4 aliphatic rings. The Balaban J connectivity index is 1.95. The summed E-state index contributed by atoms with van der Waals surface area (Å²) in [5.41, 5.74) is -7.78. The molecule has 1 heterocycles. The number of rotatable bonds is 11. The molecule has 0 amide bonds. The monoisotopic (exact) mass is 770 g/mol. The van der Waals surface area contributed by atoms with Gasteiger partial charge in [-0.2, -0.15) is 0 Å². The van der Waals surface area contributed by atoms with Crippen LogP contribution in [0.2, 0.25) is 0 Å². The third kappa shape index (κ3) is 7.39. The molecule has 0 radical (unpaired) electrons. The number of hydrogen-bond acceptors (Lipinski definition) is 14. The molecule has 1 aromatic rings. The fraction of sp³-hybridized carbons (Fsp3) is 0.659.